The van der Waals surface area contributed by atoms with Crippen molar-refractivity contribution in [3.63, 3.8) is 0 Å². The first-order chi connectivity index (χ1) is 9.84. The maximum absolute atomic E-state index is 3.85. The largest absolute Gasteiger partial charge is 0.311 e. The molecule has 3 unspecified atom stereocenters. The number of hydrogen-bond acceptors (Lipinski definition) is 2. The lowest BCUT2D eigenvalue weighted by Crippen LogP contribution is -2.57. The molecule has 0 radical (unpaired) electrons. The van der Waals surface area contributed by atoms with Gasteiger partial charge in [0.25, 0.3) is 0 Å². The Morgan fingerprint density at radius 2 is 1.55 bits per heavy atom. The fourth-order valence-corrected chi connectivity index (χ4v) is 4.97. The van der Waals surface area contributed by atoms with Gasteiger partial charge in [-0.25, -0.2) is 0 Å². The molecule has 3 rings (SSSR count). The van der Waals surface area contributed by atoms with Crippen molar-refractivity contribution in [1.29, 1.82) is 0 Å². The van der Waals surface area contributed by atoms with Crippen molar-refractivity contribution in [3.05, 3.63) is 0 Å². The minimum Gasteiger partial charge on any atom is -0.311 e. The van der Waals surface area contributed by atoms with Gasteiger partial charge in [0.1, 0.15) is 0 Å². The molecule has 0 amide bonds. The molecule has 0 aromatic rings. The minimum atomic E-state index is 0.791. The number of piperazine rings is 1. The molecule has 0 bridgehead atoms. The van der Waals surface area contributed by atoms with Gasteiger partial charge in [0.05, 0.1) is 0 Å². The molecule has 3 atom stereocenters. The van der Waals surface area contributed by atoms with Crippen LogP contribution in [0, 0.1) is 11.8 Å². The second kappa shape index (κ2) is 7.26. The average Bonchev–Trinajstić information content (AvgIpc) is 2.73. The van der Waals surface area contributed by atoms with Gasteiger partial charge in [-0.15, -0.1) is 0 Å². The second-order valence-electron chi connectivity index (χ2n) is 7.64. The fourth-order valence-electron chi connectivity index (χ4n) is 4.97. The summed E-state index contributed by atoms with van der Waals surface area (Å²) in [7, 11) is 0. The summed E-state index contributed by atoms with van der Waals surface area (Å²) in [5, 5.41) is 3.85. The first-order valence-corrected chi connectivity index (χ1v) is 9.32. The Labute approximate surface area is 125 Å². The highest BCUT2D eigenvalue weighted by Crippen LogP contribution is 2.31. The van der Waals surface area contributed by atoms with Crippen LogP contribution in [-0.2, 0) is 0 Å². The number of hydrogen-bond donors (Lipinski definition) is 1. The Balaban J connectivity index is 1.58. The molecule has 1 aliphatic heterocycles. The van der Waals surface area contributed by atoms with Gasteiger partial charge in [0.15, 0.2) is 0 Å². The highest BCUT2D eigenvalue weighted by molar-refractivity contribution is 4.90. The number of rotatable bonds is 2. The summed E-state index contributed by atoms with van der Waals surface area (Å²) in [6, 6.07) is 1.67. The average molecular weight is 278 g/mol. The topological polar surface area (TPSA) is 15.3 Å². The Bertz CT molecular complexity index is 285. The molecule has 0 aromatic carbocycles. The van der Waals surface area contributed by atoms with Crippen molar-refractivity contribution >= 4 is 0 Å². The molecule has 3 fully saturated rings. The molecule has 0 aromatic heterocycles. The van der Waals surface area contributed by atoms with Crippen molar-refractivity contribution in [2.75, 3.05) is 19.6 Å². The summed E-state index contributed by atoms with van der Waals surface area (Å²) < 4.78 is 0. The van der Waals surface area contributed by atoms with Gasteiger partial charge in [-0.05, 0) is 37.5 Å². The molecule has 20 heavy (non-hydrogen) atoms. The minimum absolute atomic E-state index is 0.791. The van der Waals surface area contributed by atoms with Crippen LogP contribution in [0.2, 0.25) is 0 Å². The molecular formula is C18H34N2. The molecule has 2 nitrogen and oxygen atoms in total. The van der Waals surface area contributed by atoms with E-state index in [9.17, 15) is 0 Å². The number of nitrogens with zero attached hydrogens (tertiary/aromatic N) is 1. The van der Waals surface area contributed by atoms with E-state index in [-0.39, 0.29) is 0 Å². The van der Waals surface area contributed by atoms with Crippen molar-refractivity contribution in [2.24, 2.45) is 11.8 Å². The quantitative estimate of drug-likeness (QED) is 0.773. The monoisotopic (exact) mass is 278 g/mol. The maximum Gasteiger partial charge on any atom is 0.0223 e. The van der Waals surface area contributed by atoms with E-state index in [2.05, 4.69) is 17.1 Å². The van der Waals surface area contributed by atoms with E-state index in [0.717, 1.165) is 23.9 Å². The summed E-state index contributed by atoms with van der Waals surface area (Å²) in [5.74, 6) is 1.88. The van der Waals surface area contributed by atoms with Crippen LogP contribution in [0.1, 0.15) is 71.1 Å². The summed E-state index contributed by atoms with van der Waals surface area (Å²) in [6.45, 7) is 6.36. The normalized spacial score (nSPS) is 38.5. The van der Waals surface area contributed by atoms with Gasteiger partial charge >= 0.3 is 0 Å². The standard InChI is InChI=1S/C18H34N2/c1-15-8-4-2-7-11-18(15)20-13-12-19-17(14-20)16-9-5-3-6-10-16/h15-19H,2-14H2,1H3. The van der Waals surface area contributed by atoms with Gasteiger partial charge in [-0.2, -0.15) is 0 Å². The van der Waals surface area contributed by atoms with Gasteiger partial charge in [-0.3, -0.25) is 4.90 Å². The Morgan fingerprint density at radius 1 is 0.850 bits per heavy atom. The Morgan fingerprint density at radius 3 is 2.35 bits per heavy atom. The highest BCUT2D eigenvalue weighted by Gasteiger charge is 2.33. The van der Waals surface area contributed by atoms with Crippen LogP contribution in [0.3, 0.4) is 0 Å². The summed E-state index contributed by atoms with van der Waals surface area (Å²) >= 11 is 0. The van der Waals surface area contributed by atoms with Crippen LogP contribution in [0.5, 0.6) is 0 Å². The Hall–Kier alpha value is -0.0800. The maximum atomic E-state index is 3.85. The molecule has 1 saturated heterocycles. The third-order valence-corrected chi connectivity index (χ3v) is 6.24. The summed E-state index contributed by atoms with van der Waals surface area (Å²) in [6.07, 6.45) is 14.7. The Kier molecular flexibility index (Phi) is 5.39. The zero-order chi connectivity index (χ0) is 13.8. The van der Waals surface area contributed by atoms with Gasteiger partial charge in [0.2, 0.25) is 0 Å². The summed E-state index contributed by atoms with van der Waals surface area (Å²) in [5.41, 5.74) is 0. The lowest BCUT2D eigenvalue weighted by atomic mass is 9.82. The van der Waals surface area contributed by atoms with Crippen molar-refractivity contribution < 1.29 is 0 Å². The third kappa shape index (κ3) is 3.57. The lowest BCUT2D eigenvalue weighted by molar-refractivity contribution is 0.0787. The molecule has 1 heterocycles. The molecule has 116 valence electrons. The zero-order valence-electron chi connectivity index (χ0n) is 13.4. The number of nitrogens with one attached hydrogen (secondary N) is 1. The molecule has 2 aliphatic carbocycles. The van der Waals surface area contributed by atoms with Crippen molar-refractivity contribution in [3.8, 4) is 0 Å². The lowest BCUT2D eigenvalue weighted by Gasteiger charge is -2.44. The summed E-state index contributed by atoms with van der Waals surface area (Å²) in [4.78, 5) is 2.87. The van der Waals surface area contributed by atoms with Crippen LogP contribution >= 0.6 is 0 Å². The van der Waals surface area contributed by atoms with E-state index in [0.29, 0.717) is 0 Å². The van der Waals surface area contributed by atoms with E-state index >= 15 is 0 Å². The second-order valence-corrected chi connectivity index (χ2v) is 7.64. The van der Waals surface area contributed by atoms with Crippen molar-refractivity contribution in [1.82, 2.24) is 10.2 Å². The van der Waals surface area contributed by atoms with Gasteiger partial charge in [0, 0.05) is 31.7 Å². The SMILES string of the molecule is CC1CCCCCC1N1CCNC(C2CCCCC2)C1. The third-order valence-electron chi connectivity index (χ3n) is 6.24. The fraction of sp³-hybridized carbons (Fsp3) is 1.00. The zero-order valence-corrected chi connectivity index (χ0v) is 13.4. The molecular weight excluding hydrogens is 244 g/mol. The van der Waals surface area contributed by atoms with Gasteiger partial charge < -0.3 is 5.32 Å². The molecule has 1 N–H and O–H groups in total. The molecule has 0 spiro atoms. The first kappa shape index (κ1) is 14.8. The van der Waals surface area contributed by atoms with Gasteiger partial charge in [-0.1, -0.05) is 45.4 Å². The van der Waals surface area contributed by atoms with E-state index in [1.54, 1.807) is 0 Å². The van der Waals surface area contributed by atoms with E-state index < -0.39 is 0 Å². The van der Waals surface area contributed by atoms with E-state index in [1.807, 2.05) is 0 Å². The van der Waals surface area contributed by atoms with Crippen LogP contribution < -0.4 is 5.32 Å². The van der Waals surface area contributed by atoms with Crippen LogP contribution in [0.15, 0.2) is 0 Å². The molecule has 2 heteroatoms. The highest BCUT2D eigenvalue weighted by atomic mass is 15.2. The van der Waals surface area contributed by atoms with E-state index in [1.165, 1.54) is 83.8 Å². The van der Waals surface area contributed by atoms with Crippen LogP contribution in [-0.4, -0.2) is 36.6 Å². The smallest absolute Gasteiger partial charge is 0.0223 e. The van der Waals surface area contributed by atoms with Crippen LogP contribution in [0.25, 0.3) is 0 Å². The predicted octanol–water partition coefficient (Wildman–Crippen LogP) is 3.81. The van der Waals surface area contributed by atoms with E-state index in [4.69, 9.17) is 0 Å². The predicted molar refractivity (Wildman–Crippen MR) is 86.0 cm³/mol. The molecule has 3 aliphatic rings. The van der Waals surface area contributed by atoms with Crippen molar-refractivity contribution in [2.45, 2.75) is 83.2 Å². The first-order valence-electron chi connectivity index (χ1n) is 9.32. The van der Waals surface area contributed by atoms with Crippen LogP contribution in [0.4, 0.5) is 0 Å². The molecule has 2 saturated carbocycles.